The fraction of sp³-hybridized carbons (Fsp3) is 0.240. The Labute approximate surface area is 196 Å². The van der Waals surface area contributed by atoms with Crippen molar-refractivity contribution in [3.8, 4) is 17.0 Å². The van der Waals surface area contributed by atoms with Crippen LogP contribution in [0.1, 0.15) is 23.2 Å². The maximum Gasteiger partial charge on any atom is 0.277 e. The zero-order valence-corrected chi connectivity index (χ0v) is 19.5. The lowest BCUT2D eigenvalue weighted by Crippen LogP contribution is -2.27. The van der Waals surface area contributed by atoms with E-state index < -0.39 is 0 Å². The molecule has 2 aromatic carbocycles. The van der Waals surface area contributed by atoms with Crippen molar-refractivity contribution in [1.29, 1.82) is 0 Å². The van der Waals surface area contributed by atoms with Crippen LogP contribution in [0.3, 0.4) is 0 Å². The standard InChI is InChI=1S/C25H25ClN4O3/c1-16-21(10-11-23(31)27-15-17-6-4-8-19(26)12-17)25(32)30-24(29(16)2)14-22(28-30)18-7-5-9-20(13-18)33-3/h4-9,12-14H,10-11,15H2,1-3H3,(H,27,31). The first-order valence-electron chi connectivity index (χ1n) is 10.6. The summed E-state index contributed by atoms with van der Waals surface area (Å²) in [5.74, 6) is 0.589. The van der Waals surface area contributed by atoms with Crippen LogP contribution in [0, 0.1) is 6.92 Å². The van der Waals surface area contributed by atoms with Crippen molar-refractivity contribution in [3.63, 3.8) is 0 Å². The number of aryl methyl sites for hydroxylation is 1. The first-order chi connectivity index (χ1) is 15.9. The number of benzene rings is 2. The Balaban J connectivity index is 1.55. The Bertz CT molecular complexity index is 1390. The molecule has 0 fully saturated rings. The predicted molar refractivity (Wildman–Crippen MR) is 129 cm³/mol. The molecule has 7 nitrogen and oxygen atoms in total. The highest BCUT2D eigenvalue weighted by molar-refractivity contribution is 6.30. The zero-order chi connectivity index (χ0) is 23.5. The van der Waals surface area contributed by atoms with Crippen LogP contribution in [0.15, 0.2) is 59.4 Å². The Morgan fingerprint density at radius 3 is 2.70 bits per heavy atom. The van der Waals surface area contributed by atoms with E-state index >= 15 is 0 Å². The first kappa shape index (κ1) is 22.6. The summed E-state index contributed by atoms with van der Waals surface area (Å²) in [6, 6.07) is 16.8. The van der Waals surface area contributed by atoms with E-state index in [2.05, 4.69) is 10.4 Å². The number of rotatable bonds is 7. The van der Waals surface area contributed by atoms with Gasteiger partial charge in [-0.05, 0) is 43.2 Å². The second-order valence-electron chi connectivity index (χ2n) is 7.87. The maximum absolute atomic E-state index is 13.2. The average molecular weight is 465 g/mol. The smallest absolute Gasteiger partial charge is 0.277 e. The van der Waals surface area contributed by atoms with E-state index in [9.17, 15) is 9.59 Å². The third-order valence-corrected chi connectivity index (χ3v) is 6.01. The van der Waals surface area contributed by atoms with Crippen LogP contribution in [0.5, 0.6) is 5.75 Å². The lowest BCUT2D eigenvalue weighted by Gasteiger charge is -2.12. The summed E-state index contributed by atoms with van der Waals surface area (Å²) in [7, 11) is 3.50. The molecule has 2 aromatic heterocycles. The van der Waals surface area contributed by atoms with Gasteiger partial charge in [-0.15, -0.1) is 0 Å². The molecule has 0 unspecified atom stereocenters. The Morgan fingerprint density at radius 2 is 1.94 bits per heavy atom. The molecule has 170 valence electrons. The summed E-state index contributed by atoms with van der Waals surface area (Å²) < 4.78 is 8.63. The number of methoxy groups -OCH3 is 1. The molecule has 2 heterocycles. The molecule has 33 heavy (non-hydrogen) atoms. The van der Waals surface area contributed by atoms with Gasteiger partial charge < -0.3 is 14.6 Å². The molecule has 0 saturated carbocycles. The minimum atomic E-state index is -0.211. The van der Waals surface area contributed by atoms with Crippen LogP contribution >= 0.6 is 11.6 Å². The lowest BCUT2D eigenvalue weighted by atomic mass is 10.1. The summed E-state index contributed by atoms with van der Waals surface area (Å²) in [6.07, 6.45) is 0.524. The molecule has 4 rings (SSSR count). The number of amides is 1. The van der Waals surface area contributed by atoms with E-state index in [0.717, 1.165) is 22.6 Å². The quantitative estimate of drug-likeness (QED) is 0.449. The van der Waals surface area contributed by atoms with Crippen molar-refractivity contribution in [1.82, 2.24) is 19.5 Å². The number of halogens is 1. The van der Waals surface area contributed by atoms with E-state index in [0.29, 0.717) is 34.9 Å². The van der Waals surface area contributed by atoms with Crippen LogP contribution in [-0.4, -0.2) is 27.2 Å². The molecule has 0 bridgehead atoms. The van der Waals surface area contributed by atoms with Gasteiger partial charge in [-0.3, -0.25) is 9.59 Å². The van der Waals surface area contributed by atoms with Crippen molar-refractivity contribution >= 4 is 23.2 Å². The van der Waals surface area contributed by atoms with Gasteiger partial charge in [-0.2, -0.15) is 9.61 Å². The first-order valence-corrected chi connectivity index (χ1v) is 11.0. The zero-order valence-electron chi connectivity index (χ0n) is 18.8. The summed E-state index contributed by atoms with van der Waals surface area (Å²) >= 11 is 5.99. The maximum atomic E-state index is 13.2. The number of nitrogens with one attached hydrogen (secondary N) is 1. The number of aromatic nitrogens is 3. The number of hydrogen-bond donors (Lipinski definition) is 1. The molecular formula is C25H25ClN4O3. The van der Waals surface area contributed by atoms with E-state index in [-0.39, 0.29) is 17.9 Å². The third kappa shape index (κ3) is 4.78. The number of nitrogens with zero attached hydrogens (tertiary/aromatic N) is 3. The molecule has 1 N–H and O–H groups in total. The van der Waals surface area contributed by atoms with Crippen LogP contribution in [0.2, 0.25) is 5.02 Å². The van der Waals surface area contributed by atoms with Gasteiger partial charge in [-0.1, -0.05) is 35.9 Å². The van der Waals surface area contributed by atoms with Gasteiger partial charge in [0.1, 0.15) is 11.4 Å². The van der Waals surface area contributed by atoms with Gasteiger partial charge in [0.05, 0.1) is 12.8 Å². The number of ether oxygens (including phenoxy) is 1. The van der Waals surface area contributed by atoms with E-state index in [1.54, 1.807) is 13.2 Å². The molecular weight excluding hydrogens is 440 g/mol. The topological polar surface area (TPSA) is 77.6 Å². The Kier molecular flexibility index (Phi) is 6.51. The molecule has 0 atom stereocenters. The van der Waals surface area contributed by atoms with Gasteiger partial charge in [0.15, 0.2) is 0 Å². The van der Waals surface area contributed by atoms with Crippen molar-refractivity contribution in [2.24, 2.45) is 7.05 Å². The van der Waals surface area contributed by atoms with E-state index in [1.165, 1.54) is 4.52 Å². The molecule has 0 aliphatic heterocycles. The third-order valence-electron chi connectivity index (χ3n) is 5.77. The minimum Gasteiger partial charge on any atom is -0.497 e. The summed E-state index contributed by atoms with van der Waals surface area (Å²) in [6.45, 7) is 2.28. The number of hydrogen-bond acceptors (Lipinski definition) is 4. The Morgan fingerprint density at radius 1 is 1.15 bits per heavy atom. The van der Waals surface area contributed by atoms with Gasteiger partial charge in [-0.25, -0.2) is 0 Å². The fourth-order valence-corrected chi connectivity index (χ4v) is 4.02. The lowest BCUT2D eigenvalue weighted by molar-refractivity contribution is -0.121. The minimum absolute atomic E-state index is 0.130. The molecule has 1 amide bonds. The highest BCUT2D eigenvalue weighted by atomic mass is 35.5. The van der Waals surface area contributed by atoms with Gasteiger partial charge in [0, 0.05) is 47.9 Å². The fourth-order valence-electron chi connectivity index (χ4n) is 3.80. The SMILES string of the molecule is COc1cccc(-c2cc3n(C)c(C)c(CCC(=O)NCc4cccc(Cl)c4)c(=O)n3n2)c1. The second-order valence-corrected chi connectivity index (χ2v) is 8.30. The average Bonchev–Trinajstić information content (AvgIpc) is 3.27. The summed E-state index contributed by atoms with van der Waals surface area (Å²) in [5, 5.41) is 8.06. The van der Waals surface area contributed by atoms with Gasteiger partial charge in [0.2, 0.25) is 5.91 Å². The van der Waals surface area contributed by atoms with Crippen molar-refractivity contribution < 1.29 is 9.53 Å². The van der Waals surface area contributed by atoms with Crippen LogP contribution in [0.25, 0.3) is 16.9 Å². The monoisotopic (exact) mass is 464 g/mol. The van der Waals surface area contributed by atoms with E-state index in [4.69, 9.17) is 16.3 Å². The van der Waals surface area contributed by atoms with Crippen molar-refractivity contribution in [2.75, 3.05) is 7.11 Å². The number of fused-ring (bicyclic) bond motifs is 1. The van der Waals surface area contributed by atoms with Gasteiger partial charge >= 0.3 is 0 Å². The predicted octanol–water partition coefficient (Wildman–Crippen LogP) is 3.92. The molecule has 0 spiro atoms. The van der Waals surface area contributed by atoms with Crippen LogP contribution in [0.4, 0.5) is 0 Å². The second kappa shape index (κ2) is 9.50. The van der Waals surface area contributed by atoms with Crippen LogP contribution < -0.4 is 15.6 Å². The molecule has 0 aliphatic rings. The molecule has 0 radical (unpaired) electrons. The molecule has 0 saturated heterocycles. The molecule has 0 aliphatic carbocycles. The summed E-state index contributed by atoms with van der Waals surface area (Å²) in [4.78, 5) is 25.6. The van der Waals surface area contributed by atoms with E-state index in [1.807, 2.05) is 67.1 Å². The highest BCUT2D eigenvalue weighted by Crippen LogP contribution is 2.24. The van der Waals surface area contributed by atoms with Crippen molar-refractivity contribution in [3.05, 3.63) is 86.8 Å². The normalized spacial score (nSPS) is 11.0. The van der Waals surface area contributed by atoms with Gasteiger partial charge in [0.25, 0.3) is 5.56 Å². The number of carbonyl (C=O) groups is 1. The summed E-state index contributed by atoms with van der Waals surface area (Å²) in [5.41, 5.74) is 4.32. The molecule has 4 aromatic rings. The Hall–Kier alpha value is -3.58. The molecule has 8 heteroatoms. The number of carbonyl (C=O) groups excluding carboxylic acids is 1. The highest BCUT2D eigenvalue weighted by Gasteiger charge is 2.17. The van der Waals surface area contributed by atoms with Crippen LogP contribution in [-0.2, 0) is 24.8 Å². The largest absolute Gasteiger partial charge is 0.497 e. The van der Waals surface area contributed by atoms with Crippen molar-refractivity contribution in [2.45, 2.75) is 26.3 Å².